The molecule has 2 nitrogen and oxygen atoms in total. The Bertz CT molecular complexity index is 611. The number of benzene rings is 2. The summed E-state index contributed by atoms with van der Waals surface area (Å²) in [5.74, 6) is -0.458. The highest BCUT2D eigenvalue weighted by molar-refractivity contribution is 6.30. The van der Waals surface area contributed by atoms with Gasteiger partial charge in [-0.05, 0) is 37.3 Å². The molecule has 0 aliphatic heterocycles. The molecule has 2 aromatic rings. The molecule has 2 rings (SSSR count). The minimum Gasteiger partial charge on any atom is -0.485 e. The zero-order valence-electron chi connectivity index (χ0n) is 10.3. The van der Waals surface area contributed by atoms with Gasteiger partial charge in [-0.15, -0.1) is 0 Å². The number of hydrogen-bond acceptors (Lipinski definition) is 2. The highest BCUT2D eigenvalue weighted by Gasteiger charge is 2.12. The Morgan fingerprint density at radius 1 is 1.26 bits per heavy atom. The van der Waals surface area contributed by atoms with Crippen LogP contribution in [-0.2, 0) is 0 Å². The summed E-state index contributed by atoms with van der Waals surface area (Å²) in [6, 6.07) is 11.1. The number of ketones is 1. The Morgan fingerprint density at radius 2 is 2.05 bits per heavy atom. The molecule has 2 aromatic carbocycles. The van der Waals surface area contributed by atoms with E-state index in [1.807, 2.05) is 0 Å². The van der Waals surface area contributed by atoms with E-state index < -0.39 is 11.6 Å². The third-order valence-corrected chi connectivity index (χ3v) is 2.82. The molecule has 4 heteroatoms. The van der Waals surface area contributed by atoms with Crippen molar-refractivity contribution < 1.29 is 13.9 Å². The average Bonchev–Trinajstić information content (AvgIpc) is 2.39. The van der Waals surface area contributed by atoms with Gasteiger partial charge in [-0.3, -0.25) is 4.79 Å². The van der Waals surface area contributed by atoms with Crippen LogP contribution in [0.3, 0.4) is 0 Å². The Morgan fingerprint density at radius 3 is 2.79 bits per heavy atom. The SMILES string of the molecule is Cc1ccc(F)c(C(=O)COc2cccc(Cl)c2)c1. The number of Topliss-reactive ketones (excluding diaryl/α,β-unsaturated/α-hetero) is 1. The summed E-state index contributed by atoms with van der Waals surface area (Å²) in [7, 11) is 0. The number of aryl methyl sites for hydroxylation is 1. The second kappa shape index (κ2) is 5.85. The van der Waals surface area contributed by atoms with Gasteiger partial charge in [0, 0.05) is 5.02 Å². The van der Waals surface area contributed by atoms with Crippen molar-refractivity contribution in [1.82, 2.24) is 0 Å². The number of carbonyl (C=O) groups excluding carboxylic acids is 1. The van der Waals surface area contributed by atoms with Crippen molar-refractivity contribution in [3.05, 3.63) is 64.4 Å². The summed E-state index contributed by atoms with van der Waals surface area (Å²) in [4.78, 5) is 11.9. The number of halogens is 2. The molecule has 0 bridgehead atoms. The first-order chi connectivity index (χ1) is 9.06. The third kappa shape index (κ3) is 3.55. The van der Waals surface area contributed by atoms with Gasteiger partial charge in [0.15, 0.2) is 6.61 Å². The zero-order valence-corrected chi connectivity index (χ0v) is 11.1. The van der Waals surface area contributed by atoms with Crippen LogP contribution in [0.2, 0.25) is 5.02 Å². The molecule has 0 heterocycles. The molecule has 0 N–H and O–H groups in total. The van der Waals surface area contributed by atoms with E-state index in [0.717, 1.165) is 5.56 Å². The van der Waals surface area contributed by atoms with E-state index in [9.17, 15) is 9.18 Å². The monoisotopic (exact) mass is 278 g/mol. The van der Waals surface area contributed by atoms with Crippen molar-refractivity contribution >= 4 is 17.4 Å². The van der Waals surface area contributed by atoms with Crippen LogP contribution in [0.5, 0.6) is 5.75 Å². The molecule has 0 aromatic heterocycles. The molecule has 0 aliphatic carbocycles. The van der Waals surface area contributed by atoms with Gasteiger partial charge < -0.3 is 4.74 Å². The predicted molar refractivity (Wildman–Crippen MR) is 72.4 cm³/mol. The first-order valence-corrected chi connectivity index (χ1v) is 6.12. The van der Waals surface area contributed by atoms with Crippen molar-refractivity contribution in [2.75, 3.05) is 6.61 Å². The molecule has 0 amide bonds. The quantitative estimate of drug-likeness (QED) is 0.789. The smallest absolute Gasteiger partial charge is 0.203 e. The van der Waals surface area contributed by atoms with Gasteiger partial charge in [0.05, 0.1) is 5.56 Å². The highest BCUT2D eigenvalue weighted by atomic mass is 35.5. The van der Waals surface area contributed by atoms with Gasteiger partial charge in [-0.25, -0.2) is 4.39 Å². The maximum Gasteiger partial charge on any atom is 0.203 e. The first-order valence-electron chi connectivity index (χ1n) is 5.74. The minimum atomic E-state index is -0.537. The molecule has 98 valence electrons. The van der Waals surface area contributed by atoms with Crippen LogP contribution in [-0.4, -0.2) is 12.4 Å². The molecular weight excluding hydrogens is 267 g/mol. The van der Waals surface area contributed by atoms with Crippen molar-refractivity contribution in [3.8, 4) is 5.75 Å². The molecule has 0 radical (unpaired) electrons. The normalized spacial score (nSPS) is 10.3. The van der Waals surface area contributed by atoms with Crippen LogP contribution < -0.4 is 4.74 Å². The predicted octanol–water partition coefficient (Wildman–Crippen LogP) is 4.05. The maximum atomic E-state index is 13.5. The summed E-state index contributed by atoms with van der Waals surface area (Å²) in [6.45, 7) is 1.58. The summed E-state index contributed by atoms with van der Waals surface area (Å²) in [5.41, 5.74) is 0.870. The first kappa shape index (κ1) is 13.6. The third-order valence-electron chi connectivity index (χ3n) is 2.59. The number of rotatable bonds is 4. The maximum absolute atomic E-state index is 13.5. The van der Waals surface area contributed by atoms with E-state index in [2.05, 4.69) is 0 Å². The van der Waals surface area contributed by atoms with Crippen molar-refractivity contribution in [1.29, 1.82) is 0 Å². The second-order valence-corrected chi connectivity index (χ2v) is 4.59. The van der Waals surface area contributed by atoms with Gasteiger partial charge in [-0.2, -0.15) is 0 Å². The van der Waals surface area contributed by atoms with Crippen LogP contribution in [0.1, 0.15) is 15.9 Å². The van der Waals surface area contributed by atoms with Crippen LogP contribution in [0.15, 0.2) is 42.5 Å². The lowest BCUT2D eigenvalue weighted by Crippen LogP contribution is -2.13. The van der Waals surface area contributed by atoms with E-state index >= 15 is 0 Å². The van der Waals surface area contributed by atoms with Crippen LogP contribution in [0, 0.1) is 12.7 Å². The lowest BCUT2D eigenvalue weighted by molar-refractivity contribution is 0.0917. The highest BCUT2D eigenvalue weighted by Crippen LogP contribution is 2.18. The molecule has 0 saturated heterocycles. The van der Waals surface area contributed by atoms with Gasteiger partial charge in [-0.1, -0.05) is 29.3 Å². The Hall–Kier alpha value is -1.87. The molecule has 19 heavy (non-hydrogen) atoms. The molecule has 0 fully saturated rings. The minimum absolute atomic E-state index is 0.0435. The number of carbonyl (C=O) groups is 1. The molecule has 0 unspecified atom stereocenters. The van der Waals surface area contributed by atoms with Crippen LogP contribution >= 0.6 is 11.6 Å². The van der Waals surface area contributed by atoms with E-state index in [1.165, 1.54) is 12.1 Å². The van der Waals surface area contributed by atoms with Gasteiger partial charge in [0.2, 0.25) is 5.78 Å². The summed E-state index contributed by atoms with van der Waals surface area (Å²) in [5, 5.41) is 0.520. The van der Waals surface area contributed by atoms with E-state index in [4.69, 9.17) is 16.3 Å². The topological polar surface area (TPSA) is 26.3 Å². The fourth-order valence-electron chi connectivity index (χ4n) is 1.64. The van der Waals surface area contributed by atoms with E-state index in [0.29, 0.717) is 10.8 Å². The van der Waals surface area contributed by atoms with Crippen LogP contribution in [0.4, 0.5) is 4.39 Å². The zero-order chi connectivity index (χ0) is 13.8. The fraction of sp³-hybridized carbons (Fsp3) is 0.133. The van der Waals surface area contributed by atoms with Crippen molar-refractivity contribution in [2.24, 2.45) is 0 Å². The van der Waals surface area contributed by atoms with E-state index in [1.54, 1.807) is 37.3 Å². The van der Waals surface area contributed by atoms with Crippen molar-refractivity contribution in [3.63, 3.8) is 0 Å². The Kier molecular flexibility index (Phi) is 4.17. The van der Waals surface area contributed by atoms with E-state index in [-0.39, 0.29) is 12.2 Å². The lowest BCUT2D eigenvalue weighted by atomic mass is 10.1. The van der Waals surface area contributed by atoms with Gasteiger partial charge in [0.25, 0.3) is 0 Å². The summed E-state index contributed by atoms with van der Waals surface area (Å²) >= 11 is 5.80. The molecular formula is C15H12ClFO2. The summed E-state index contributed by atoms with van der Waals surface area (Å²) in [6.07, 6.45) is 0. The van der Waals surface area contributed by atoms with Crippen molar-refractivity contribution in [2.45, 2.75) is 6.92 Å². The summed E-state index contributed by atoms with van der Waals surface area (Å²) < 4.78 is 18.8. The Balaban J connectivity index is 2.07. The Labute approximate surface area is 115 Å². The largest absolute Gasteiger partial charge is 0.485 e. The van der Waals surface area contributed by atoms with Crippen LogP contribution in [0.25, 0.3) is 0 Å². The second-order valence-electron chi connectivity index (χ2n) is 4.15. The molecule has 0 spiro atoms. The fourth-order valence-corrected chi connectivity index (χ4v) is 1.82. The molecule has 0 saturated carbocycles. The van der Waals surface area contributed by atoms with Gasteiger partial charge >= 0.3 is 0 Å². The van der Waals surface area contributed by atoms with Gasteiger partial charge in [0.1, 0.15) is 11.6 Å². The standard InChI is InChI=1S/C15H12ClFO2/c1-10-5-6-14(17)13(7-10)15(18)9-19-12-4-2-3-11(16)8-12/h2-8H,9H2,1H3. The number of ether oxygens (including phenoxy) is 1. The lowest BCUT2D eigenvalue weighted by Gasteiger charge is -2.07. The number of hydrogen-bond donors (Lipinski definition) is 0. The molecule has 0 atom stereocenters. The molecule has 0 aliphatic rings. The average molecular weight is 279 g/mol.